The smallest absolute Gasteiger partial charge is 0.253 e. The van der Waals surface area contributed by atoms with E-state index >= 15 is 0 Å². The lowest BCUT2D eigenvalue weighted by Gasteiger charge is -2.14. The summed E-state index contributed by atoms with van der Waals surface area (Å²) >= 11 is 5.73. The highest BCUT2D eigenvalue weighted by Crippen LogP contribution is 2.20. The fourth-order valence-corrected chi connectivity index (χ4v) is 1.89. The number of hydrogen-bond acceptors (Lipinski definition) is 3. The Balaban J connectivity index is 2.06. The second-order valence-corrected chi connectivity index (χ2v) is 4.65. The zero-order valence-corrected chi connectivity index (χ0v) is 11.2. The third-order valence-corrected chi connectivity index (χ3v) is 2.87. The molecule has 8 heteroatoms. The van der Waals surface area contributed by atoms with E-state index in [0.717, 1.165) is 12.1 Å². The first-order chi connectivity index (χ1) is 9.47. The second-order valence-electron chi connectivity index (χ2n) is 4.24. The number of aromatic nitrogens is 3. The normalized spacial score (nSPS) is 12.2. The molecule has 1 heterocycles. The zero-order chi connectivity index (χ0) is 14.7. The molecule has 0 bridgehead atoms. The Morgan fingerprint density at radius 2 is 2.15 bits per heavy atom. The molecule has 0 aliphatic rings. The van der Waals surface area contributed by atoms with Gasteiger partial charge in [-0.25, -0.2) is 13.8 Å². The van der Waals surface area contributed by atoms with Crippen molar-refractivity contribution in [2.45, 2.75) is 19.5 Å². The van der Waals surface area contributed by atoms with Gasteiger partial charge < -0.3 is 5.32 Å². The summed E-state index contributed by atoms with van der Waals surface area (Å²) in [7, 11) is 0. The molecule has 0 radical (unpaired) electrons. The van der Waals surface area contributed by atoms with Crippen LogP contribution >= 0.6 is 11.6 Å². The number of carbonyl (C=O) groups is 1. The first kappa shape index (κ1) is 14.4. The fourth-order valence-electron chi connectivity index (χ4n) is 1.65. The monoisotopic (exact) mass is 300 g/mol. The number of rotatable bonds is 4. The number of nitrogens with one attached hydrogen (secondary N) is 1. The van der Waals surface area contributed by atoms with E-state index in [4.69, 9.17) is 11.6 Å². The maximum atomic E-state index is 13.1. The van der Waals surface area contributed by atoms with E-state index in [1.165, 1.54) is 17.3 Å². The lowest BCUT2D eigenvalue weighted by molar-refractivity contribution is 0.0935. The minimum Gasteiger partial charge on any atom is -0.348 e. The van der Waals surface area contributed by atoms with Crippen LogP contribution in [0.2, 0.25) is 5.02 Å². The SMILES string of the molecule is C[C@H](Cn1cncn1)NC(=O)c1cc(F)c(F)cc1Cl. The highest BCUT2D eigenvalue weighted by atomic mass is 35.5. The van der Waals surface area contributed by atoms with Crippen LogP contribution in [0.1, 0.15) is 17.3 Å². The summed E-state index contributed by atoms with van der Waals surface area (Å²) in [6.07, 6.45) is 2.88. The molecule has 1 amide bonds. The third-order valence-electron chi connectivity index (χ3n) is 2.56. The lowest BCUT2D eigenvalue weighted by atomic mass is 10.2. The number of hydrogen-bond donors (Lipinski definition) is 1. The molecule has 0 aliphatic carbocycles. The first-order valence-corrected chi connectivity index (χ1v) is 6.13. The summed E-state index contributed by atoms with van der Waals surface area (Å²) in [5.74, 6) is -2.80. The van der Waals surface area contributed by atoms with E-state index in [2.05, 4.69) is 15.4 Å². The van der Waals surface area contributed by atoms with Gasteiger partial charge in [-0.1, -0.05) is 11.6 Å². The molecule has 0 fully saturated rings. The van der Waals surface area contributed by atoms with Gasteiger partial charge in [0.2, 0.25) is 0 Å². The van der Waals surface area contributed by atoms with Gasteiger partial charge in [0.25, 0.3) is 5.91 Å². The Bertz CT molecular complexity index is 618. The van der Waals surface area contributed by atoms with Crippen LogP contribution in [0.15, 0.2) is 24.8 Å². The molecule has 1 aromatic carbocycles. The van der Waals surface area contributed by atoms with Crippen LogP contribution in [-0.4, -0.2) is 26.7 Å². The topological polar surface area (TPSA) is 59.8 Å². The average molecular weight is 301 g/mol. The van der Waals surface area contributed by atoms with Gasteiger partial charge in [0.15, 0.2) is 11.6 Å². The predicted molar refractivity (Wildman–Crippen MR) is 68.3 cm³/mol. The lowest BCUT2D eigenvalue weighted by Crippen LogP contribution is -2.36. The summed E-state index contributed by atoms with van der Waals surface area (Å²) in [6, 6.07) is 1.26. The molecule has 1 atom stereocenters. The molecule has 0 saturated heterocycles. The van der Waals surface area contributed by atoms with Gasteiger partial charge in [0.1, 0.15) is 12.7 Å². The predicted octanol–water partition coefficient (Wildman–Crippen LogP) is 2.03. The number of halogens is 3. The van der Waals surface area contributed by atoms with Gasteiger partial charge in [0, 0.05) is 6.04 Å². The molecule has 0 spiro atoms. The summed E-state index contributed by atoms with van der Waals surface area (Å²) in [5.41, 5.74) is -0.115. The zero-order valence-electron chi connectivity index (χ0n) is 10.5. The van der Waals surface area contributed by atoms with Crippen LogP contribution in [0.4, 0.5) is 8.78 Å². The number of carbonyl (C=O) groups excluding carboxylic acids is 1. The van der Waals surface area contributed by atoms with Crippen molar-refractivity contribution < 1.29 is 13.6 Å². The van der Waals surface area contributed by atoms with Gasteiger partial charge in [-0.15, -0.1) is 0 Å². The Labute approximate surface area is 118 Å². The van der Waals surface area contributed by atoms with E-state index in [1.807, 2.05) is 0 Å². The van der Waals surface area contributed by atoms with E-state index in [-0.39, 0.29) is 16.6 Å². The van der Waals surface area contributed by atoms with Crippen molar-refractivity contribution in [1.82, 2.24) is 20.1 Å². The van der Waals surface area contributed by atoms with Crippen LogP contribution in [0, 0.1) is 11.6 Å². The van der Waals surface area contributed by atoms with Crippen LogP contribution in [-0.2, 0) is 6.54 Å². The van der Waals surface area contributed by atoms with Crippen molar-refractivity contribution in [2.24, 2.45) is 0 Å². The highest BCUT2D eigenvalue weighted by Gasteiger charge is 2.17. The number of nitrogens with zero attached hydrogens (tertiary/aromatic N) is 3. The largest absolute Gasteiger partial charge is 0.348 e. The minimum atomic E-state index is -1.12. The van der Waals surface area contributed by atoms with Gasteiger partial charge in [0.05, 0.1) is 17.1 Å². The molecule has 1 aromatic heterocycles. The standard InChI is InChI=1S/C12H11ClF2N4O/c1-7(4-19-6-16-5-17-19)18-12(20)8-2-10(14)11(15)3-9(8)13/h2-3,5-7H,4H2,1H3,(H,18,20)/t7-/m1/s1. The molecule has 0 saturated carbocycles. The summed E-state index contributed by atoms with van der Waals surface area (Å²) < 4.78 is 27.6. The third kappa shape index (κ3) is 3.30. The van der Waals surface area contributed by atoms with Crippen LogP contribution in [0.25, 0.3) is 0 Å². The molecule has 5 nitrogen and oxygen atoms in total. The van der Waals surface area contributed by atoms with Gasteiger partial charge in [-0.2, -0.15) is 5.10 Å². The minimum absolute atomic E-state index is 0.115. The van der Waals surface area contributed by atoms with Crippen LogP contribution in [0.3, 0.4) is 0 Å². The van der Waals surface area contributed by atoms with Gasteiger partial charge in [-0.05, 0) is 19.1 Å². The van der Waals surface area contributed by atoms with Gasteiger partial charge in [-0.3, -0.25) is 9.48 Å². The van der Waals surface area contributed by atoms with E-state index in [1.54, 1.807) is 6.92 Å². The van der Waals surface area contributed by atoms with Crippen molar-refractivity contribution in [3.63, 3.8) is 0 Å². The van der Waals surface area contributed by atoms with Crippen molar-refractivity contribution in [3.05, 3.63) is 47.0 Å². The molecule has 0 unspecified atom stereocenters. The molecule has 2 aromatic rings. The Hall–Kier alpha value is -2.02. The molecule has 0 aliphatic heterocycles. The van der Waals surface area contributed by atoms with Crippen molar-refractivity contribution in [1.29, 1.82) is 0 Å². The molecule has 2 rings (SSSR count). The maximum Gasteiger partial charge on any atom is 0.253 e. The number of amides is 1. The van der Waals surface area contributed by atoms with E-state index in [9.17, 15) is 13.6 Å². The summed E-state index contributed by atoms with van der Waals surface area (Å²) in [4.78, 5) is 15.7. The average Bonchev–Trinajstić information content (AvgIpc) is 2.86. The Morgan fingerprint density at radius 1 is 1.45 bits per heavy atom. The maximum absolute atomic E-state index is 13.1. The first-order valence-electron chi connectivity index (χ1n) is 5.75. The quantitative estimate of drug-likeness (QED) is 0.879. The van der Waals surface area contributed by atoms with Crippen molar-refractivity contribution in [3.8, 4) is 0 Å². The molecule has 20 heavy (non-hydrogen) atoms. The number of benzene rings is 1. The molecular weight excluding hydrogens is 290 g/mol. The summed E-state index contributed by atoms with van der Waals surface area (Å²) in [6.45, 7) is 2.14. The van der Waals surface area contributed by atoms with Crippen molar-refractivity contribution >= 4 is 17.5 Å². The van der Waals surface area contributed by atoms with Crippen LogP contribution < -0.4 is 5.32 Å². The Kier molecular flexibility index (Phi) is 4.29. The Morgan fingerprint density at radius 3 is 2.80 bits per heavy atom. The summed E-state index contributed by atoms with van der Waals surface area (Å²) in [5, 5.41) is 6.37. The van der Waals surface area contributed by atoms with E-state index < -0.39 is 17.5 Å². The molecular formula is C12H11ClF2N4O. The molecule has 1 N–H and O–H groups in total. The van der Waals surface area contributed by atoms with Crippen LogP contribution in [0.5, 0.6) is 0 Å². The molecule has 106 valence electrons. The van der Waals surface area contributed by atoms with Gasteiger partial charge >= 0.3 is 0 Å². The highest BCUT2D eigenvalue weighted by molar-refractivity contribution is 6.33. The van der Waals surface area contributed by atoms with Crippen molar-refractivity contribution in [2.75, 3.05) is 0 Å². The second kappa shape index (κ2) is 5.96. The van der Waals surface area contributed by atoms with E-state index in [0.29, 0.717) is 6.54 Å². The fraction of sp³-hybridized carbons (Fsp3) is 0.250.